The molecule has 0 unspecified atom stereocenters. The highest BCUT2D eigenvalue weighted by molar-refractivity contribution is 7.89. The van der Waals surface area contributed by atoms with Crippen LogP contribution in [0.2, 0.25) is 0 Å². The molecule has 0 heterocycles. The smallest absolute Gasteiger partial charge is 0.330 e. The van der Waals surface area contributed by atoms with Gasteiger partial charge in [0.15, 0.2) is 0 Å². The molecule has 0 fully saturated rings. The Morgan fingerprint density at radius 2 is 1.81 bits per heavy atom. The van der Waals surface area contributed by atoms with E-state index in [-0.39, 0.29) is 5.75 Å². The average molecular weight is 262 g/mol. The van der Waals surface area contributed by atoms with E-state index < -0.39 is 29.2 Å². The molecule has 2 N–H and O–H groups in total. The number of hydrogen-bond donors (Lipinski definition) is 1. The molecular formula is C8H17F3N2O2S. The number of nitrogens with two attached hydrogens (primary N) is 1. The van der Waals surface area contributed by atoms with Crippen LogP contribution in [0.25, 0.3) is 0 Å². The largest absolute Gasteiger partial charge is 0.390 e. The molecule has 0 atom stereocenters. The average Bonchev–Trinajstić information content (AvgIpc) is 2.13. The third-order valence-corrected chi connectivity index (χ3v) is 3.98. The molecule has 4 nitrogen and oxygen atoms in total. The van der Waals surface area contributed by atoms with E-state index in [0.717, 1.165) is 11.4 Å². The van der Waals surface area contributed by atoms with Gasteiger partial charge in [-0.3, -0.25) is 0 Å². The second kappa shape index (κ2) is 6.41. The molecule has 0 saturated carbocycles. The third kappa shape index (κ3) is 7.02. The predicted molar refractivity (Wildman–Crippen MR) is 55.4 cm³/mol. The number of nitrogens with zero attached hydrogens (tertiary/aromatic N) is 1. The third-order valence-electron chi connectivity index (χ3n) is 2.04. The van der Waals surface area contributed by atoms with Crippen LogP contribution in [-0.2, 0) is 10.0 Å². The minimum atomic E-state index is -4.33. The van der Waals surface area contributed by atoms with Crippen LogP contribution in [-0.4, -0.2) is 44.8 Å². The Balaban J connectivity index is 4.10. The summed E-state index contributed by atoms with van der Waals surface area (Å²) in [5.74, 6) is -0.154. The van der Waals surface area contributed by atoms with Crippen LogP contribution in [0.5, 0.6) is 0 Å². The van der Waals surface area contributed by atoms with Crippen LogP contribution in [0.1, 0.15) is 19.3 Å². The summed E-state index contributed by atoms with van der Waals surface area (Å²) in [6, 6.07) is 0. The summed E-state index contributed by atoms with van der Waals surface area (Å²) >= 11 is 0. The van der Waals surface area contributed by atoms with Gasteiger partial charge < -0.3 is 5.73 Å². The Labute approximate surface area is 93.7 Å². The molecule has 0 aromatic carbocycles. The molecule has 0 aliphatic rings. The molecule has 8 heteroatoms. The van der Waals surface area contributed by atoms with Gasteiger partial charge in [-0.05, 0) is 19.4 Å². The minimum absolute atomic E-state index is 0.154. The quantitative estimate of drug-likeness (QED) is 0.694. The van der Waals surface area contributed by atoms with Crippen LogP contribution in [0.15, 0.2) is 0 Å². The lowest BCUT2D eigenvalue weighted by atomic mass is 10.3. The van der Waals surface area contributed by atoms with Crippen LogP contribution < -0.4 is 5.73 Å². The molecule has 16 heavy (non-hydrogen) atoms. The lowest BCUT2D eigenvalue weighted by Gasteiger charge is -2.17. The van der Waals surface area contributed by atoms with Gasteiger partial charge >= 0.3 is 6.18 Å². The van der Waals surface area contributed by atoms with Crippen molar-refractivity contribution in [2.24, 2.45) is 5.73 Å². The standard InChI is InChI=1S/C8H17F3N2O2S/c1-13(6-4-8(9,10)11)16(14,15)7-3-2-5-12/h2-7,12H2,1H3. The first-order chi connectivity index (χ1) is 7.19. The Kier molecular flexibility index (Phi) is 6.27. The maximum absolute atomic E-state index is 11.9. The van der Waals surface area contributed by atoms with Gasteiger partial charge in [-0.15, -0.1) is 0 Å². The second-order valence-electron chi connectivity index (χ2n) is 3.50. The monoisotopic (exact) mass is 262 g/mol. The number of rotatable bonds is 7. The van der Waals surface area contributed by atoms with E-state index in [2.05, 4.69) is 0 Å². The lowest BCUT2D eigenvalue weighted by molar-refractivity contribution is -0.135. The first kappa shape index (κ1) is 15.7. The maximum atomic E-state index is 11.9. The zero-order chi connectivity index (χ0) is 12.8. The van der Waals surface area contributed by atoms with Crippen molar-refractivity contribution >= 4 is 10.0 Å². The molecule has 0 rings (SSSR count). The van der Waals surface area contributed by atoms with E-state index >= 15 is 0 Å². The van der Waals surface area contributed by atoms with Crippen molar-refractivity contribution in [3.8, 4) is 0 Å². The fourth-order valence-corrected chi connectivity index (χ4v) is 2.26. The number of alkyl halides is 3. The van der Waals surface area contributed by atoms with E-state index in [1.165, 1.54) is 0 Å². The van der Waals surface area contributed by atoms with Crippen LogP contribution in [0.3, 0.4) is 0 Å². The van der Waals surface area contributed by atoms with E-state index in [4.69, 9.17) is 5.73 Å². The molecule has 0 amide bonds. The summed E-state index contributed by atoms with van der Waals surface area (Å²) in [5, 5.41) is 0. The number of unbranched alkanes of at least 4 members (excludes halogenated alkanes) is 1. The van der Waals surface area contributed by atoms with Gasteiger partial charge in [0, 0.05) is 13.6 Å². The van der Waals surface area contributed by atoms with Crippen molar-refractivity contribution in [3.63, 3.8) is 0 Å². The zero-order valence-electron chi connectivity index (χ0n) is 9.13. The molecule has 0 radical (unpaired) electrons. The van der Waals surface area contributed by atoms with Crippen molar-refractivity contribution in [2.45, 2.75) is 25.4 Å². The summed E-state index contributed by atoms with van der Waals surface area (Å²) in [4.78, 5) is 0. The molecule has 98 valence electrons. The first-order valence-corrected chi connectivity index (χ1v) is 6.51. The van der Waals surface area contributed by atoms with E-state index in [1.54, 1.807) is 0 Å². The first-order valence-electron chi connectivity index (χ1n) is 4.90. The number of halogens is 3. The molecule has 0 aromatic heterocycles. The molecule has 0 aliphatic heterocycles. The highest BCUT2D eigenvalue weighted by Crippen LogP contribution is 2.20. The molecule has 0 spiro atoms. The fraction of sp³-hybridized carbons (Fsp3) is 1.00. The predicted octanol–water partition coefficient (Wildman–Crippen LogP) is 0.939. The topological polar surface area (TPSA) is 63.4 Å². The summed E-state index contributed by atoms with van der Waals surface area (Å²) in [6.45, 7) is -0.157. The SMILES string of the molecule is CN(CCC(F)(F)F)S(=O)(=O)CCCCN. The number of hydrogen-bond acceptors (Lipinski definition) is 3. The van der Waals surface area contributed by atoms with Crippen molar-refractivity contribution < 1.29 is 21.6 Å². The van der Waals surface area contributed by atoms with Crippen molar-refractivity contribution in [2.75, 3.05) is 25.9 Å². The summed E-state index contributed by atoms with van der Waals surface area (Å²) in [5.41, 5.74) is 5.19. The number of sulfonamides is 1. The molecule has 0 saturated heterocycles. The summed E-state index contributed by atoms with van der Waals surface area (Å²) < 4.78 is 59.2. The molecule has 0 aromatic rings. The molecule has 0 aliphatic carbocycles. The van der Waals surface area contributed by atoms with Crippen molar-refractivity contribution in [1.82, 2.24) is 4.31 Å². The second-order valence-corrected chi connectivity index (χ2v) is 5.69. The van der Waals surface area contributed by atoms with Crippen molar-refractivity contribution in [1.29, 1.82) is 0 Å². The zero-order valence-corrected chi connectivity index (χ0v) is 9.94. The lowest BCUT2D eigenvalue weighted by Crippen LogP contribution is -2.32. The van der Waals surface area contributed by atoms with Gasteiger partial charge in [0.25, 0.3) is 0 Å². The van der Waals surface area contributed by atoms with Crippen LogP contribution in [0, 0.1) is 0 Å². The van der Waals surface area contributed by atoms with Crippen LogP contribution in [0.4, 0.5) is 13.2 Å². The van der Waals surface area contributed by atoms with E-state index in [9.17, 15) is 21.6 Å². The maximum Gasteiger partial charge on any atom is 0.390 e. The van der Waals surface area contributed by atoms with Gasteiger partial charge in [-0.1, -0.05) is 0 Å². The highest BCUT2D eigenvalue weighted by Gasteiger charge is 2.29. The highest BCUT2D eigenvalue weighted by atomic mass is 32.2. The van der Waals surface area contributed by atoms with Gasteiger partial charge in [0.1, 0.15) is 0 Å². The van der Waals surface area contributed by atoms with Crippen LogP contribution >= 0.6 is 0 Å². The van der Waals surface area contributed by atoms with Gasteiger partial charge in [0.2, 0.25) is 10.0 Å². The molecule has 0 bridgehead atoms. The minimum Gasteiger partial charge on any atom is -0.330 e. The van der Waals surface area contributed by atoms with E-state index in [0.29, 0.717) is 19.4 Å². The van der Waals surface area contributed by atoms with Gasteiger partial charge in [0.05, 0.1) is 12.2 Å². The molecular weight excluding hydrogens is 245 g/mol. The Morgan fingerprint density at radius 3 is 2.25 bits per heavy atom. The van der Waals surface area contributed by atoms with E-state index in [1.807, 2.05) is 0 Å². The summed E-state index contributed by atoms with van der Waals surface area (Å²) in [6.07, 6.45) is -4.54. The van der Waals surface area contributed by atoms with Gasteiger partial charge in [-0.25, -0.2) is 12.7 Å². The fourth-order valence-electron chi connectivity index (χ4n) is 1.01. The Bertz CT molecular complexity index is 290. The summed E-state index contributed by atoms with van der Waals surface area (Å²) in [7, 11) is -2.42. The normalized spacial score (nSPS) is 13.4. The van der Waals surface area contributed by atoms with Gasteiger partial charge in [-0.2, -0.15) is 13.2 Å². The Hall–Kier alpha value is -0.340. The Morgan fingerprint density at radius 1 is 1.25 bits per heavy atom. The van der Waals surface area contributed by atoms with Crippen molar-refractivity contribution in [3.05, 3.63) is 0 Å².